The highest BCUT2D eigenvalue weighted by atomic mass is 16.5. The summed E-state index contributed by atoms with van der Waals surface area (Å²) in [7, 11) is 0. The zero-order valence-electron chi connectivity index (χ0n) is 11.7. The maximum absolute atomic E-state index is 8.73. The van der Waals surface area contributed by atoms with Crippen molar-refractivity contribution in [3.8, 4) is 5.75 Å². The molecule has 0 heterocycles. The van der Waals surface area contributed by atoms with E-state index in [4.69, 9.17) is 27.0 Å². The van der Waals surface area contributed by atoms with Gasteiger partial charge in [0, 0.05) is 23.6 Å². The van der Waals surface area contributed by atoms with E-state index in [9.17, 15) is 0 Å². The molecule has 0 radical (unpaired) electrons. The van der Waals surface area contributed by atoms with Crippen LogP contribution in [0, 0.1) is 0 Å². The Hall–Kier alpha value is -2.60. The predicted octanol–water partition coefficient (Wildman–Crippen LogP) is 1.42. The van der Waals surface area contributed by atoms with Crippen molar-refractivity contribution in [2.24, 2.45) is 0 Å². The Morgan fingerprint density at radius 3 is 2.52 bits per heavy atom. The molecular formula is C15H20N4O2. The molecule has 2 aromatic carbocycles. The number of benzene rings is 2. The molecule has 0 aromatic heterocycles. The first-order chi connectivity index (χ1) is 10.1. The predicted molar refractivity (Wildman–Crippen MR) is 86.0 cm³/mol. The number of rotatable bonds is 6. The zero-order valence-corrected chi connectivity index (χ0v) is 11.7. The van der Waals surface area contributed by atoms with Gasteiger partial charge >= 0.3 is 0 Å². The molecule has 0 fully saturated rings. The van der Waals surface area contributed by atoms with E-state index in [0.29, 0.717) is 29.4 Å². The second kappa shape index (κ2) is 6.71. The number of anilines is 4. The third-order valence-electron chi connectivity index (χ3n) is 3.01. The quantitative estimate of drug-likeness (QED) is 0.513. The number of aliphatic hydroxyl groups is 1. The summed E-state index contributed by atoms with van der Waals surface area (Å²) in [6.45, 7) is 0.720. The van der Waals surface area contributed by atoms with Crippen LogP contribution in [0.1, 0.15) is 5.56 Å². The number of nitrogens with two attached hydrogens (primary N) is 3. The van der Waals surface area contributed by atoms with Crippen molar-refractivity contribution in [2.75, 3.05) is 35.7 Å². The van der Waals surface area contributed by atoms with Crippen molar-refractivity contribution in [1.29, 1.82) is 0 Å². The van der Waals surface area contributed by atoms with E-state index in [-0.39, 0.29) is 13.2 Å². The normalized spacial score (nSPS) is 10.3. The van der Waals surface area contributed by atoms with Crippen molar-refractivity contribution in [3.05, 3.63) is 42.0 Å². The van der Waals surface area contributed by atoms with Crippen molar-refractivity contribution in [3.63, 3.8) is 0 Å². The molecule has 112 valence electrons. The molecule has 0 saturated carbocycles. The minimum Gasteiger partial charge on any atom is -0.489 e. The van der Waals surface area contributed by atoms with E-state index in [1.54, 1.807) is 24.3 Å². The van der Waals surface area contributed by atoms with Crippen molar-refractivity contribution < 1.29 is 9.84 Å². The summed E-state index contributed by atoms with van der Waals surface area (Å²) in [5.74, 6) is 0.554. The maximum Gasteiger partial charge on any atom is 0.142 e. The molecule has 0 unspecified atom stereocenters. The summed E-state index contributed by atoms with van der Waals surface area (Å²) in [6, 6.07) is 10.8. The summed E-state index contributed by atoms with van der Waals surface area (Å²) in [5, 5.41) is 12.0. The first-order valence-corrected chi connectivity index (χ1v) is 6.61. The molecule has 0 aliphatic rings. The van der Waals surface area contributed by atoms with E-state index >= 15 is 0 Å². The maximum atomic E-state index is 8.73. The van der Waals surface area contributed by atoms with Crippen LogP contribution >= 0.6 is 0 Å². The number of hydrogen-bond donors (Lipinski definition) is 5. The Morgan fingerprint density at radius 2 is 1.81 bits per heavy atom. The summed E-state index contributed by atoms with van der Waals surface area (Å²) >= 11 is 0. The van der Waals surface area contributed by atoms with Crippen LogP contribution < -0.4 is 27.3 Å². The third-order valence-corrected chi connectivity index (χ3v) is 3.01. The molecule has 6 heteroatoms. The van der Waals surface area contributed by atoms with Crippen molar-refractivity contribution >= 4 is 22.7 Å². The van der Waals surface area contributed by atoms with Crippen molar-refractivity contribution in [1.82, 2.24) is 0 Å². The van der Waals surface area contributed by atoms with Gasteiger partial charge < -0.3 is 32.4 Å². The Labute approximate surface area is 123 Å². The lowest BCUT2D eigenvalue weighted by molar-refractivity contribution is 0.202. The fourth-order valence-electron chi connectivity index (χ4n) is 1.92. The van der Waals surface area contributed by atoms with Gasteiger partial charge in [-0.2, -0.15) is 0 Å². The minimum absolute atomic E-state index is 0.0475. The molecule has 0 aliphatic carbocycles. The van der Waals surface area contributed by atoms with Crippen molar-refractivity contribution in [2.45, 2.75) is 6.54 Å². The SMILES string of the molecule is Nc1ccc(N)c(CNc2ccc(OCCO)c(N)c2)c1. The van der Waals surface area contributed by atoms with Gasteiger partial charge in [-0.25, -0.2) is 0 Å². The highest BCUT2D eigenvalue weighted by molar-refractivity contribution is 5.63. The molecule has 2 rings (SSSR count). The zero-order chi connectivity index (χ0) is 15.2. The Kier molecular flexibility index (Phi) is 4.73. The van der Waals surface area contributed by atoms with Crippen LogP contribution in [0.15, 0.2) is 36.4 Å². The second-order valence-electron chi connectivity index (χ2n) is 4.64. The Balaban J connectivity index is 2.03. The van der Waals surface area contributed by atoms with Crippen LogP contribution in [0.3, 0.4) is 0 Å². The lowest BCUT2D eigenvalue weighted by Gasteiger charge is -2.12. The highest BCUT2D eigenvalue weighted by Crippen LogP contribution is 2.26. The smallest absolute Gasteiger partial charge is 0.142 e. The third kappa shape index (κ3) is 3.93. The lowest BCUT2D eigenvalue weighted by atomic mass is 10.1. The van der Waals surface area contributed by atoms with E-state index in [2.05, 4.69) is 5.32 Å². The fraction of sp³-hybridized carbons (Fsp3) is 0.200. The molecule has 0 bridgehead atoms. The number of hydrogen-bond acceptors (Lipinski definition) is 6. The highest BCUT2D eigenvalue weighted by Gasteiger charge is 2.04. The molecule has 0 saturated heterocycles. The topological polar surface area (TPSA) is 120 Å². The number of nitrogen functional groups attached to an aromatic ring is 3. The van der Waals surface area contributed by atoms with Gasteiger partial charge in [-0.15, -0.1) is 0 Å². The molecule has 6 nitrogen and oxygen atoms in total. The second-order valence-corrected chi connectivity index (χ2v) is 4.64. The van der Waals surface area contributed by atoms with E-state index < -0.39 is 0 Å². The van der Waals surface area contributed by atoms with E-state index in [1.807, 2.05) is 12.1 Å². The molecule has 0 atom stereocenters. The summed E-state index contributed by atoms with van der Waals surface area (Å²) in [5.41, 5.74) is 21.2. The van der Waals surface area contributed by atoms with Gasteiger partial charge in [0.15, 0.2) is 0 Å². The number of ether oxygens (including phenoxy) is 1. The lowest BCUT2D eigenvalue weighted by Crippen LogP contribution is -2.06. The molecule has 0 aliphatic heterocycles. The summed E-state index contributed by atoms with van der Waals surface area (Å²) in [6.07, 6.45) is 0. The van der Waals surface area contributed by atoms with E-state index in [0.717, 1.165) is 11.3 Å². The van der Waals surface area contributed by atoms with Gasteiger partial charge in [0.25, 0.3) is 0 Å². The van der Waals surface area contributed by atoms with Crippen LogP contribution in [0.25, 0.3) is 0 Å². The molecule has 0 spiro atoms. The Morgan fingerprint density at radius 1 is 1.00 bits per heavy atom. The van der Waals surface area contributed by atoms with E-state index in [1.165, 1.54) is 0 Å². The van der Waals surface area contributed by atoms with Crippen LogP contribution in [0.5, 0.6) is 5.75 Å². The van der Waals surface area contributed by atoms with Crippen LogP contribution in [0.2, 0.25) is 0 Å². The van der Waals surface area contributed by atoms with Gasteiger partial charge in [0.2, 0.25) is 0 Å². The number of nitrogens with one attached hydrogen (secondary N) is 1. The molecule has 8 N–H and O–H groups in total. The largest absolute Gasteiger partial charge is 0.489 e. The summed E-state index contributed by atoms with van der Waals surface area (Å²) < 4.78 is 5.30. The first kappa shape index (κ1) is 14.8. The van der Waals surface area contributed by atoms with Crippen LogP contribution in [-0.4, -0.2) is 18.3 Å². The first-order valence-electron chi connectivity index (χ1n) is 6.61. The van der Waals surface area contributed by atoms with Gasteiger partial charge in [0.1, 0.15) is 12.4 Å². The number of aliphatic hydroxyl groups excluding tert-OH is 1. The van der Waals surface area contributed by atoms with Gasteiger partial charge in [0.05, 0.1) is 12.3 Å². The Bertz CT molecular complexity index is 617. The van der Waals surface area contributed by atoms with Gasteiger partial charge in [-0.1, -0.05) is 0 Å². The fourth-order valence-corrected chi connectivity index (χ4v) is 1.92. The molecule has 0 amide bonds. The monoisotopic (exact) mass is 288 g/mol. The van der Waals surface area contributed by atoms with Crippen LogP contribution in [-0.2, 0) is 6.54 Å². The van der Waals surface area contributed by atoms with Crippen LogP contribution in [0.4, 0.5) is 22.7 Å². The molecule has 2 aromatic rings. The molecule has 21 heavy (non-hydrogen) atoms. The summed E-state index contributed by atoms with van der Waals surface area (Å²) in [4.78, 5) is 0. The van der Waals surface area contributed by atoms with Gasteiger partial charge in [-0.05, 0) is 42.0 Å². The average molecular weight is 288 g/mol. The minimum atomic E-state index is -0.0475. The standard InChI is InChI=1S/C15H20N4O2/c16-11-1-3-13(17)10(7-11)9-19-12-2-4-15(14(18)8-12)21-6-5-20/h1-4,7-8,19-20H,5-6,9,16-18H2. The average Bonchev–Trinajstić information content (AvgIpc) is 2.47. The van der Waals surface area contributed by atoms with Gasteiger partial charge in [-0.3, -0.25) is 0 Å². The molecular weight excluding hydrogens is 268 g/mol.